The van der Waals surface area contributed by atoms with Crippen LogP contribution < -0.4 is 0 Å². The van der Waals surface area contributed by atoms with Gasteiger partial charge < -0.3 is 9.69 Å². The molecule has 0 aromatic rings. The molecule has 0 unspecified atom stereocenters. The average molecular weight is 216 g/mol. The van der Waals surface area contributed by atoms with Crippen LogP contribution in [0.2, 0.25) is 0 Å². The fourth-order valence-electron chi connectivity index (χ4n) is 0. The molecule has 0 atom stereocenters. The zero-order valence-electron chi connectivity index (χ0n) is 6.85. The Morgan fingerprint density at radius 2 is 1.70 bits per heavy atom. The van der Waals surface area contributed by atoms with Gasteiger partial charge in [0, 0.05) is 32.7 Å². The van der Waals surface area contributed by atoms with Gasteiger partial charge in [-0.25, -0.2) is 6.58 Å². The summed E-state index contributed by atoms with van der Waals surface area (Å²) in [6.45, 7) is 4.85. The van der Waals surface area contributed by atoms with E-state index in [2.05, 4.69) is 13.6 Å². The normalized spacial score (nSPS) is 6.90. The smallest absolute Gasteiger partial charge is 0 e. The monoisotopic (exact) mass is 216 g/mol. The summed E-state index contributed by atoms with van der Waals surface area (Å²) in [6.07, 6.45) is 1.58. The van der Waals surface area contributed by atoms with Gasteiger partial charge in [0.15, 0.2) is 0 Å². The molecule has 0 heterocycles. The fourth-order valence-corrected chi connectivity index (χ4v) is 0. The van der Waals surface area contributed by atoms with Crippen LogP contribution in [-0.4, -0.2) is 25.3 Å². The molecule has 0 amide bonds. The Bertz CT molecular complexity index is 88.9. The van der Waals surface area contributed by atoms with E-state index < -0.39 is 0 Å². The molecule has 2 nitrogen and oxygen atoms in total. The molecular weight excluding hydrogens is 203 g/mol. The Labute approximate surface area is 88.6 Å². The van der Waals surface area contributed by atoms with Gasteiger partial charge in [-0.1, -0.05) is 6.92 Å². The zero-order chi connectivity index (χ0) is 7.86. The van der Waals surface area contributed by atoms with Gasteiger partial charge in [0.2, 0.25) is 0 Å². The van der Waals surface area contributed by atoms with Crippen LogP contribution in [0.5, 0.6) is 0 Å². The van der Waals surface area contributed by atoms with Crippen molar-refractivity contribution in [3.63, 3.8) is 0 Å². The third kappa shape index (κ3) is 77.3. The summed E-state index contributed by atoms with van der Waals surface area (Å²) in [7, 11) is 7.25. The van der Waals surface area contributed by atoms with Crippen molar-refractivity contribution in [1.82, 2.24) is 4.90 Å². The molecule has 0 rings (SSSR count). The van der Waals surface area contributed by atoms with Crippen LogP contribution in [0, 0.1) is 7.05 Å². The standard InChI is InChI=1S/C4H5O.C3H8N.Y/c1-4(2)3-5;1-4(2)3;/h1H2,2H3;1H2,2-3H3;/q2*-1;. The van der Waals surface area contributed by atoms with Gasteiger partial charge in [-0.3, -0.25) is 7.05 Å². The summed E-state index contributed by atoms with van der Waals surface area (Å²) in [6, 6.07) is 0. The fraction of sp³-hybridized carbons (Fsp3) is 0.429. The second kappa shape index (κ2) is 12.2. The Hall–Kier alpha value is 0.474. The van der Waals surface area contributed by atoms with E-state index in [-0.39, 0.29) is 32.7 Å². The van der Waals surface area contributed by atoms with Crippen LogP contribution in [-0.2, 0) is 37.5 Å². The number of carbonyl (C=O) groups excluding carboxylic acids is 1. The molecule has 3 heteroatoms. The van der Waals surface area contributed by atoms with Gasteiger partial charge in [-0.2, -0.15) is 5.57 Å². The third-order valence-electron chi connectivity index (χ3n) is 0.174. The molecule has 0 fully saturated rings. The molecule has 0 aromatic carbocycles. The topological polar surface area (TPSA) is 20.3 Å². The predicted molar refractivity (Wildman–Crippen MR) is 39.6 cm³/mol. The van der Waals surface area contributed by atoms with Crippen molar-refractivity contribution in [2.45, 2.75) is 6.92 Å². The first-order valence-electron chi connectivity index (χ1n) is 2.52. The Morgan fingerprint density at radius 3 is 1.70 bits per heavy atom. The maximum atomic E-state index is 9.28. The van der Waals surface area contributed by atoms with Crippen LogP contribution in [0.25, 0.3) is 0 Å². The molecule has 0 saturated carbocycles. The number of nitrogens with zero attached hydrogens (tertiary/aromatic N) is 1. The van der Waals surface area contributed by atoms with Gasteiger partial charge in [-0.05, 0) is 20.4 Å². The van der Waals surface area contributed by atoms with E-state index in [1.165, 1.54) is 0 Å². The number of hydrogen-bond acceptors (Lipinski definition) is 2. The first kappa shape index (κ1) is 16.8. The first-order valence-corrected chi connectivity index (χ1v) is 2.52. The minimum atomic E-state index is 0. The number of hydrogen-bond donors (Lipinski definition) is 0. The van der Waals surface area contributed by atoms with Crippen molar-refractivity contribution in [3.8, 4) is 0 Å². The second-order valence-corrected chi connectivity index (χ2v) is 1.96. The van der Waals surface area contributed by atoms with Gasteiger partial charge in [0.05, 0.1) is 0 Å². The van der Waals surface area contributed by atoms with Crippen LogP contribution >= 0.6 is 0 Å². The molecule has 0 spiro atoms. The minimum absolute atomic E-state index is 0. The second-order valence-electron chi connectivity index (χ2n) is 1.96. The molecule has 0 aliphatic carbocycles. The van der Waals surface area contributed by atoms with Crippen molar-refractivity contribution in [3.05, 3.63) is 19.2 Å². The Morgan fingerprint density at radius 1 is 1.60 bits per heavy atom. The maximum absolute atomic E-state index is 9.28. The van der Waals surface area contributed by atoms with E-state index in [1.54, 1.807) is 18.1 Å². The molecule has 57 valence electrons. The van der Waals surface area contributed by atoms with E-state index in [0.29, 0.717) is 5.57 Å². The molecule has 0 saturated heterocycles. The summed E-state index contributed by atoms with van der Waals surface area (Å²) in [5.41, 5.74) is 0.449. The molecular formula is C7H13NOY-2. The summed E-state index contributed by atoms with van der Waals surface area (Å²) < 4.78 is 0. The average Bonchev–Trinajstić information content (AvgIpc) is 1.65. The van der Waals surface area contributed by atoms with Gasteiger partial charge in [-0.15, -0.1) is 0 Å². The van der Waals surface area contributed by atoms with Crippen LogP contribution in [0.15, 0.2) is 12.2 Å². The molecule has 0 aliphatic rings. The van der Waals surface area contributed by atoms with E-state index >= 15 is 0 Å². The van der Waals surface area contributed by atoms with Crippen LogP contribution in [0.3, 0.4) is 0 Å². The van der Waals surface area contributed by atoms with Crippen molar-refractivity contribution in [2.75, 3.05) is 14.1 Å². The van der Waals surface area contributed by atoms with E-state index in [1.807, 2.05) is 14.1 Å². The van der Waals surface area contributed by atoms with Crippen LogP contribution in [0.1, 0.15) is 6.92 Å². The molecule has 0 aromatic heterocycles. The van der Waals surface area contributed by atoms with Gasteiger partial charge >= 0.3 is 0 Å². The third-order valence-corrected chi connectivity index (χ3v) is 0.174. The maximum Gasteiger partial charge on any atom is 0 e. The van der Waals surface area contributed by atoms with Crippen molar-refractivity contribution >= 4 is 6.29 Å². The summed E-state index contributed by atoms with van der Waals surface area (Å²) in [5.74, 6) is 0. The first-order chi connectivity index (χ1) is 4.00. The molecule has 0 aliphatic heterocycles. The SMILES string of the molecule is C=C(C)[C-]=O.[CH2-]N(C)C.[Y]. The van der Waals surface area contributed by atoms with E-state index in [0.717, 1.165) is 0 Å². The van der Waals surface area contributed by atoms with Crippen molar-refractivity contribution < 1.29 is 37.5 Å². The summed E-state index contributed by atoms with van der Waals surface area (Å²) >= 11 is 0. The van der Waals surface area contributed by atoms with Crippen LogP contribution in [0.4, 0.5) is 0 Å². The molecule has 1 radical (unpaired) electrons. The van der Waals surface area contributed by atoms with E-state index in [9.17, 15) is 4.79 Å². The van der Waals surface area contributed by atoms with Crippen molar-refractivity contribution in [1.29, 1.82) is 0 Å². The van der Waals surface area contributed by atoms with Crippen molar-refractivity contribution in [2.24, 2.45) is 0 Å². The largest absolute Gasteiger partial charge is 0.464 e. The molecule has 0 bridgehead atoms. The van der Waals surface area contributed by atoms with Gasteiger partial charge in [0.25, 0.3) is 0 Å². The number of allylic oxidation sites excluding steroid dienone is 1. The number of rotatable bonds is 1. The quantitative estimate of drug-likeness (QED) is 0.481. The minimum Gasteiger partial charge on any atom is -0.464 e. The summed E-state index contributed by atoms with van der Waals surface area (Å²) in [5, 5.41) is 0. The van der Waals surface area contributed by atoms with E-state index in [4.69, 9.17) is 0 Å². The summed E-state index contributed by atoms with van der Waals surface area (Å²) in [4.78, 5) is 11.0. The Kier molecular flexibility index (Phi) is 20.5. The molecule has 0 N–H and O–H groups in total. The predicted octanol–water partition coefficient (Wildman–Crippen LogP) is 1.01. The van der Waals surface area contributed by atoms with Gasteiger partial charge in [0.1, 0.15) is 0 Å². The Balaban J connectivity index is -0.0000000910. The zero-order valence-corrected chi connectivity index (χ0v) is 9.69. The molecule has 10 heavy (non-hydrogen) atoms.